The molecule has 0 fully saturated rings. The fraction of sp³-hybridized carbons (Fsp3) is 0.357. The molecule has 0 aliphatic carbocycles. The van der Waals surface area contributed by atoms with Gasteiger partial charge in [0.1, 0.15) is 11.3 Å². The van der Waals surface area contributed by atoms with E-state index in [9.17, 15) is 4.39 Å². The molecule has 0 saturated carbocycles. The maximum absolute atomic E-state index is 13.0. The standard InChI is InChI=1S/C14H16FN3O/c15-10-4-5-13-12(7-10)18-14(19-13)9-16-8-11-3-1-2-6-17-11/h1-2,4-5,7,11,16-17H,3,6,8-9H2. The highest BCUT2D eigenvalue weighted by Crippen LogP contribution is 2.16. The summed E-state index contributed by atoms with van der Waals surface area (Å²) in [5.41, 5.74) is 1.19. The zero-order valence-electron chi connectivity index (χ0n) is 10.5. The molecule has 0 radical (unpaired) electrons. The Morgan fingerprint density at radius 3 is 3.21 bits per heavy atom. The Balaban J connectivity index is 1.57. The molecule has 1 aromatic heterocycles. The molecule has 19 heavy (non-hydrogen) atoms. The van der Waals surface area contributed by atoms with Gasteiger partial charge in [-0.3, -0.25) is 0 Å². The molecule has 100 valence electrons. The average Bonchev–Trinajstić information content (AvgIpc) is 2.82. The maximum atomic E-state index is 13.0. The van der Waals surface area contributed by atoms with Crippen LogP contribution in [0.5, 0.6) is 0 Å². The third-order valence-corrected chi connectivity index (χ3v) is 3.17. The van der Waals surface area contributed by atoms with Gasteiger partial charge in [-0.05, 0) is 18.6 Å². The Morgan fingerprint density at radius 1 is 1.42 bits per heavy atom. The van der Waals surface area contributed by atoms with Gasteiger partial charge in [0.15, 0.2) is 5.58 Å². The monoisotopic (exact) mass is 261 g/mol. The molecular formula is C14H16FN3O. The predicted molar refractivity (Wildman–Crippen MR) is 71.2 cm³/mol. The van der Waals surface area contributed by atoms with Gasteiger partial charge in [0, 0.05) is 25.2 Å². The van der Waals surface area contributed by atoms with Gasteiger partial charge in [0.05, 0.1) is 6.54 Å². The van der Waals surface area contributed by atoms with E-state index in [0.717, 1.165) is 19.5 Å². The molecule has 0 saturated heterocycles. The maximum Gasteiger partial charge on any atom is 0.209 e. The Hall–Kier alpha value is -1.72. The van der Waals surface area contributed by atoms with Gasteiger partial charge < -0.3 is 15.1 Å². The number of nitrogens with zero attached hydrogens (tertiary/aromatic N) is 1. The highest BCUT2D eigenvalue weighted by Gasteiger charge is 2.10. The zero-order chi connectivity index (χ0) is 13.1. The summed E-state index contributed by atoms with van der Waals surface area (Å²) in [6, 6.07) is 4.82. The quantitative estimate of drug-likeness (QED) is 0.826. The van der Waals surface area contributed by atoms with Crippen LogP contribution < -0.4 is 10.6 Å². The van der Waals surface area contributed by atoms with Crippen molar-refractivity contribution in [1.29, 1.82) is 0 Å². The molecule has 1 aliphatic heterocycles. The van der Waals surface area contributed by atoms with E-state index >= 15 is 0 Å². The first-order valence-corrected chi connectivity index (χ1v) is 6.45. The van der Waals surface area contributed by atoms with E-state index in [2.05, 4.69) is 27.8 Å². The Morgan fingerprint density at radius 2 is 2.37 bits per heavy atom. The summed E-state index contributed by atoms with van der Waals surface area (Å²) in [4.78, 5) is 4.25. The van der Waals surface area contributed by atoms with Crippen molar-refractivity contribution in [2.45, 2.75) is 19.0 Å². The summed E-state index contributed by atoms with van der Waals surface area (Å²) in [6.07, 6.45) is 5.35. The molecule has 1 atom stereocenters. The topological polar surface area (TPSA) is 50.1 Å². The Kier molecular flexibility index (Phi) is 3.57. The number of hydrogen-bond acceptors (Lipinski definition) is 4. The second-order valence-electron chi connectivity index (χ2n) is 4.66. The van der Waals surface area contributed by atoms with Crippen LogP contribution in [0.2, 0.25) is 0 Å². The molecule has 1 aliphatic rings. The van der Waals surface area contributed by atoms with Gasteiger partial charge in [-0.1, -0.05) is 12.2 Å². The number of halogens is 1. The minimum atomic E-state index is -0.293. The summed E-state index contributed by atoms with van der Waals surface area (Å²) in [7, 11) is 0. The van der Waals surface area contributed by atoms with Crippen molar-refractivity contribution in [1.82, 2.24) is 15.6 Å². The lowest BCUT2D eigenvalue weighted by atomic mass is 10.1. The summed E-state index contributed by atoms with van der Waals surface area (Å²) >= 11 is 0. The number of oxazole rings is 1. The molecule has 3 rings (SSSR count). The van der Waals surface area contributed by atoms with E-state index in [1.807, 2.05) is 0 Å². The second kappa shape index (κ2) is 5.50. The predicted octanol–water partition coefficient (Wildman–Crippen LogP) is 1.97. The van der Waals surface area contributed by atoms with Gasteiger partial charge in [0.25, 0.3) is 0 Å². The molecule has 2 heterocycles. The number of benzene rings is 1. The highest BCUT2D eigenvalue weighted by molar-refractivity contribution is 5.72. The number of fused-ring (bicyclic) bond motifs is 1. The van der Waals surface area contributed by atoms with Gasteiger partial charge in [-0.2, -0.15) is 0 Å². The van der Waals surface area contributed by atoms with Crippen LogP contribution in [-0.2, 0) is 6.54 Å². The van der Waals surface area contributed by atoms with Crippen LogP contribution in [0.4, 0.5) is 4.39 Å². The van der Waals surface area contributed by atoms with Crippen LogP contribution in [0.3, 0.4) is 0 Å². The third kappa shape index (κ3) is 3.00. The molecule has 0 bridgehead atoms. The molecule has 1 unspecified atom stereocenters. The van der Waals surface area contributed by atoms with E-state index in [1.54, 1.807) is 6.07 Å². The van der Waals surface area contributed by atoms with Crippen molar-refractivity contribution < 1.29 is 8.81 Å². The van der Waals surface area contributed by atoms with E-state index in [-0.39, 0.29) is 5.82 Å². The van der Waals surface area contributed by atoms with Crippen molar-refractivity contribution in [3.05, 3.63) is 42.1 Å². The first-order chi connectivity index (χ1) is 9.31. The SMILES string of the molecule is Fc1ccc2oc(CNCC3CC=CCN3)nc2c1. The van der Waals surface area contributed by atoms with Crippen LogP contribution in [0.15, 0.2) is 34.8 Å². The van der Waals surface area contributed by atoms with Crippen LogP contribution in [-0.4, -0.2) is 24.1 Å². The van der Waals surface area contributed by atoms with Crippen molar-refractivity contribution in [3.8, 4) is 0 Å². The van der Waals surface area contributed by atoms with Gasteiger partial charge in [-0.15, -0.1) is 0 Å². The zero-order valence-corrected chi connectivity index (χ0v) is 10.5. The largest absolute Gasteiger partial charge is 0.439 e. The number of aromatic nitrogens is 1. The molecule has 0 amide bonds. The molecule has 2 N–H and O–H groups in total. The average molecular weight is 261 g/mol. The van der Waals surface area contributed by atoms with Gasteiger partial charge >= 0.3 is 0 Å². The van der Waals surface area contributed by atoms with Crippen molar-refractivity contribution >= 4 is 11.1 Å². The molecule has 2 aromatic rings. The summed E-state index contributed by atoms with van der Waals surface area (Å²) in [5.74, 6) is 0.297. The fourth-order valence-corrected chi connectivity index (χ4v) is 2.19. The smallest absolute Gasteiger partial charge is 0.209 e. The normalized spacial score (nSPS) is 19.1. The lowest BCUT2D eigenvalue weighted by Crippen LogP contribution is -2.39. The van der Waals surface area contributed by atoms with Crippen LogP contribution in [0.25, 0.3) is 11.1 Å². The van der Waals surface area contributed by atoms with E-state index in [4.69, 9.17) is 4.42 Å². The van der Waals surface area contributed by atoms with Crippen LogP contribution in [0.1, 0.15) is 12.3 Å². The van der Waals surface area contributed by atoms with Gasteiger partial charge in [-0.25, -0.2) is 9.37 Å². The number of nitrogens with one attached hydrogen (secondary N) is 2. The minimum absolute atomic E-state index is 0.293. The van der Waals surface area contributed by atoms with E-state index in [0.29, 0.717) is 29.6 Å². The highest BCUT2D eigenvalue weighted by atomic mass is 19.1. The summed E-state index contributed by atoms with van der Waals surface area (Å²) < 4.78 is 18.6. The van der Waals surface area contributed by atoms with Crippen LogP contribution in [0, 0.1) is 5.82 Å². The number of hydrogen-bond donors (Lipinski definition) is 2. The third-order valence-electron chi connectivity index (χ3n) is 3.17. The van der Waals surface area contributed by atoms with Crippen molar-refractivity contribution in [3.63, 3.8) is 0 Å². The molecule has 4 nitrogen and oxygen atoms in total. The lowest BCUT2D eigenvalue weighted by molar-refractivity contribution is 0.448. The molecule has 0 spiro atoms. The Bertz CT molecular complexity index is 593. The first-order valence-electron chi connectivity index (χ1n) is 6.45. The summed E-state index contributed by atoms with van der Waals surface area (Å²) in [6.45, 7) is 2.34. The van der Waals surface area contributed by atoms with Crippen molar-refractivity contribution in [2.24, 2.45) is 0 Å². The van der Waals surface area contributed by atoms with E-state index < -0.39 is 0 Å². The second-order valence-corrected chi connectivity index (χ2v) is 4.66. The molecular weight excluding hydrogens is 245 g/mol. The first kappa shape index (κ1) is 12.3. The minimum Gasteiger partial charge on any atom is -0.439 e. The summed E-state index contributed by atoms with van der Waals surface area (Å²) in [5, 5.41) is 6.69. The van der Waals surface area contributed by atoms with Gasteiger partial charge in [0.2, 0.25) is 5.89 Å². The molecule has 1 aromatic carbocycles. The number of rotatable bonds is 4. The van der Waals surface area contributed by atoms with Crippen LogP contribution >= 0.6 is 0 Å². The molecule has 5 heteroatoms. The Labute approximate surface area is 110 Å². The lowest BCUT2D eigenvalue weighted by Gasteiger charge is -2.19. The van der Waals surface area contributed by atoms with Crippen molar-refractivity contribution in [2.75, 3.05) is 13.1 Å². The van der Waals surface area contributed by atoms with E-state index in [1.165, 1.54) is 12.1 Å². The fourth-order valence-electron chi connectivity index (χ4n) is 2.19.